The molecule has 0 aromatic heterocycles. The summed E-state index contributed by atoms with van der Waals surface area (Å²) in [5.74, 6) is -2.02. The molecule has 0 bridgehead atoms. The Morgan fingerprint density at radius 1 is 1.44 bits per heavy atom. The van der Waals surface area contributed by atoms with Gasteiger partial charge in [-0.05, 0) is 19.8 Å². The average Bonchev–Trinajstić information content (AvgIpc) is 3.14. The van der Waals surface area contributed by atoms with Crippen LogP contribution in [0.2, 0.25) is 0 Å². The lowest BCUT2D eigenvalue weighted by Gasteiger charge is -2.46. The normalized spacial score (nSPS) is 33.7. The molecule has 0 spiro atoms. The number of hydrogen-bond acceptors (Lipinski definition) is 6. The molecule has 150 valence electrons. The molecule has 0 aliphatic carbocycles. The van der Waals surface area contributed by atoms with E-state index in [1.54, 1.807) is 14.0 Å². The highest BCUT2D eigenvalue weighted by molar-refractivity contribution is 8.03. The molecule has 0 unspecified atom stereocenters. The van der Waals surface area contributed by atoms with E-state index in [9.17, 15) is 24.6 Å². The molecule has 3 heterocycles. The summed E-state index contributed by atoms with van der Waals surface area (Å²) in [6.45, 7) is 4.25. The molecule has 0 aromatic carbocycles. The quantitative estimate of drug-likeness (QED) is 0.451. The number of carbonyl (C=O) groups is 3. The fraction of sp³-hybridized carbons (Fsp3) is 0.722. The van der Waals surface area contributed by atoms with Crippen LogP contribution >= 0.6 is 11.8 Å². The molecule has 27 heavy (non-hydrogen) atoms. The van der Waals surface area contributed by atoms with E-state index in [1.165, 1.54) is 16.7 Å². The van der Waals surface area contributed by atoms with Crippen LogP contribution in [-0.4, -0.2) is 69.9 Å². The second kappa shape index (κ2) is 7.81. The summed E-state index contributed by atoms with van der Waals surface area (Å²) in [4.78, 5) is 37.7. The predicted molar refractivity (Wildman–Crippen MR) is 101 cm³/mol. The maximum Gasteiger partial charge on any atom is 0.353 e. The Labute approximate surface area is 162 Å². The van der Waals surface area contributed by atoms with E-state index in [1.807, 2.05) is 6.92 Å². The Morgan fingerprint density at radius 3 is 2.74 bits per heavy atom. The van der Waals surface area contributed by atoms with Crippen molar-refractivity contribution in [1.82, 2.24) is 15.5 Å². The first kappa shape index (κ1) is 20.2. The molecule has 8 nitrogen and oxygen atoms in total. The van der Waals surface area contributed by atoms with Gasteiger partial charge in [0.05, 0.1) is 18.1 Å². The number of aliphatic hydroxyl groups excluding tert-OH is 1. The zero-order valence-corrected chi connectivity index (χ0v) is 16.6. The summed E-state index contributed by atoms with van der Waals surface area (Å²) in [6.07, 6.45) is 1.27. The van der Waals surface area contributed by atoms with Crippen molar-refractivity contribution in [3.63, 3.8) is 0 Å². The highest BCUT2D eigenvalue weighted by atomic mass is 32.2. The van der Waals surface area contributed by atoms with Crippen molar-refractivity contribution in [2.45, 2.75) is 56.5 Å². The summed E-state index contributed by atoms with van der Waals surface area (Å²) in [5.41, 5.74) is 0.0770. The van der Waals surface area contributed by atoms with Crippen LogP contribution < -0.4 is 10.6 Å². The van der Waals surface area contributed by atoms with Gasteiger partial charge in [-0.2, -0.15) is 0 Å². The maximum atomic E-state index is 12.4. The molecule has 2 fully saturated rings. The molecular formula is C18H27N3O5S. The van der Waals surface area contributed by atoms with Crippen LogP contribution in [0.4, 0.5) is 0 Å². The monoisotopic (exact) mass is 397 g/mol. The van der Waals surface area contributed by atoms with Crippen LogP contribution in [0.5, 0.6) is 0 Å². The Balaban J connectivity index is 1.68. The first-order valence-corrected chi connectivity index (χ1v) is 10.2. The molecule has 3 aliphatic heterocycles. The smallest absolute Gasteiger partial charge is 0.353 e. The minimum absolute atomic E-state index is 0.0141. The Kier molecular flexibility index (Phi) is 5.83. The average molecular weight is 397 g/mol. The number of amides is 2. The fourth-order valence-electron chi connectivity index (χ4n) is 4.38. The Hall–Kier alpha value is -1.58. The third-order valence-electron chi connectivity index (χ3n) is 5.79. The molecular weight excluding hydrogens is 370 g/mol. The number of thioether (sulfide) groups is 1. The van der Waals surface area contributed by atoms with Gasteiger partial charge in [0.2, 0.25) is 11.8 Å². The summed E-state index contributed by atoms with van der Waals surface area (Å²) in [7, 11) is 1.62. The van der Waals surface area contributed by atoms with Crippen LogP contribution in [0.15, 0.2) is 10.6 Å². The van der Waals surface area contributed by atoms with Crippen molar-refractivity contribution in [3.05, 3.63) is 10.6 Å². The van der Waals surface area contributed by atoms with E-state index >= 15 is 0 Å². The largest absolute Gasteiger partial charge is 0.477 e. The van der Waals surface area contributed by atoms with Crippen LogP contribution in [-0.2, 0) is 14.4 Å². The van der Waals surface area contributed by atoms with Crippen molar-refractivity contribution in [2.24, 2.45) is 11.8 Å². The highest BCUT2D eigenvalue weighted by Gasteiger charge is 2.60. The minimum atomic E-state index is -1.09. The van der Waals surface area contributed by atoms with E-state index < -0.39 is 18.0 Å². The number of carbonyl (C=O) groups excluding carboxylic acids is 2. The minimum Gasteiger partial charge on any atom is -0.477 e. The van der Waals surface area contributed by atoms with Gasteiger partial charge in [0, 0.05) is 42.1 Å². The Bertz CT molecular complexity index is 680. The Morgan fingerprint density at radius 2 is 2.15 bits per heavy atom. The van der Waals surface area contributed by atoms with Gasteiger partial charge >= 0.3 is 5.97 Å². The third-order valence-corrected chi connectivity index (χ3v) is 7.30. The number of carboxylic acids is 1. The first-order valence-electron chi connectivity index (χ1n) is 9.35. The number of β-lactam (4-membered cyclic amide) rings is 1. The van der Waals surface area contributed by atoms with Gasteiger partial charge in [-0.1, -0.05) is 6.92 Å². The van der Waals surface area contributed by atoms with Gasteiger partial charge in [0.1, 0.15) is 5.70 Å². The summed E-state index contributed by atoms with van der Waals surface area (Å²) in [5, 5.41) is 25.8. The molecule has 6 atom stereocenters. The van der Waals surface area contributed by atoms with E-state index in [2.05, 4.69) is 10.6 Å². The van der Waals surface area contributed by atoms with Gasteiger partial charge in [-0.3, -0.25) is 9.59 Å². The fourth-order valence-corrected chi connectivity index (χ4v) is 5.90. The highest BCUT2D eigenvalue weighted by Crippen LogP contribution is 2.51. The van der Waals surface area contributed by atoms with Crippen LogP contribution in [0.3, 0.4) is 0 Å². The van der Waals surface area contributed by atoms with Gasteiger partial charge in [0.15, 0.2) is 0 Å². The van der Waals surface area contributed by atoms with Crippen molar-refractivity contribution in [2.75, 3.05) is 13.6 Å². The van der Waals surface area contributed by atoms with E-state index in [-0.39, 0.29) is 40.8 Å². The lowest BCUT2D eigenvalue weighted by molar-refractivity contribution is -0.163. The number of nitrogens with zero attached hydrogens (tertiary/aromatic N) is 1. The van der Waals surface area contributed by atoms with Crippen LogP contribution in [0.1, 0.15) is 33.1 Å². The van der Waals surface area contributed by atoms with Crippen molar-refractivity contribution in [3.8, 4) is 0 Å². The molecule has 0 aromatic rings. The molecule has 2 amide bonds. The van der Waals surface area contributed by atoms with E-state index in [0.717, 1.165) is 24.3 Å². The SMILES string of the molecule is CNC(=O)CC[C@H]1C[C@H](SC2=C(C(=O)O)N3C(=O)[C@H]([C@@H](C)O)[C@@H]3[C@H]2C)CN1. The summed E-state index contributed by atoms with van der Waals surface area (Å²) >= 11 is 1.53. The predicted octanol–water partition coefficient (Wildman–Crippen LogP) is 0.130. The van der Waals surface area contributed by atoms with Gasteiger partial charge in [0.25, 0.3) is 0 Å². The van der Waals surface area contributed by atoms with Crippen molar-refractivity contribution >= 4 is 29.5 Å². The molecule has 3 aliphatic rings. The number of fused-ring (bicyclic) bond motifs is 1. The molecule has 0 radical (unpaired) electrons. The second-order valence-corrected chi connectivity index (χ2v) is 8.91. The molecule has 4 N–H and O–H groups in total. The van der Waals surface area contributed by atoms with Gasteiger partial charge in [-0.25, -0.2) is 4.79 Å². The molecule has 0 saturated carbocycles. The standard InChI is InChI=1S/C18H27N3O5S/c1-8-14-13(9(2)22)17(24)21(14)15(18(25)26)16(8)27-11-6-10(20-7-11)4-5-12(23)19-3/h8-11,13-14,20,22H,4-7H2,1-3H3,(H,19,23)(H,25,26)/t8-,9-,10+,11+,13-,14+/m1/s1. The number of hydrogen-bond donors (Lipinski definition) is 4. The first-order chi connectivity index (χ1) is 12.8. The van der Waals surface area contributed by atoms with Gasteiger partial charge < -0.3 is 25.7 Å². The number of nitrogens with one attached hydrogen (secondary N) is 2. The third kappa shape index (κ3) is 3.60. The summed E-state index contributed by atoms with van der Waals surface area (Å²) < 4.78 is 0. The lowest BCUT2D eigenvalue weighted by atomic mass is 9.79. The van der Waals surface area contributed by atoms with Gasteiger partial charge in [-0.15, -0.1) is 11.8 Å². The molecule has 2 saturated heterocycles. The van der Waals surface area contributed by atoms with Crippen LogP contribution in [0.25, 0.3) is 0 Å². The van der Waals surface area contributed by atoms with E-state index in [0.29, 0.717) is 6.42 Å². The van der Waals surface area contributed by atoms with Crippen LogP contribution in [0, 0.1) is 11.8 Å². The molecule has 3 rings (SSSR count). The number of rotatable bonds is 7. The zero-order chi connectivity index (χ0) is 19.9. The van der Waals surface area contributed by atoms with Crippen molar-refractivity contribution in [1.29, 1.82) is 0 Å². The second-order valence-electron chi connectivity index (χ2n) is 7.56. The molecule has 9 heteroatoms. The van der Waals surface area contributed by atoms with E-state index in [4.69, 9.17) is 0 Å². The topological polar surface area (TPSA) is 119 Å². The zero-order valence-electron chi connectivity index (χ0n) is 15.8. The maximum absolute atomic E-state index is 12.4. The number of aliphatic carboxylic acids is 1. The lowest BCUT2D eigenvalue weighted by Crippen LogP contribution is -2.63. The summed E-state index contributed by atoms with van der Waals surface area (Å²) in [6, 6.07) is -0.0428. The number of aliphatic hydroxyl groups is 1. The van der Waals surface area contributed by atoms with Crippen molar-refractivity contribution < 1.29 is 24.6 Å². The number of carboxylic acid groups (broad SMARTS) is 1.